The predicted molar refractivity (Wildman–Crippen MR) is 79.2 cm³/mol. The van der Waals surface area contributed by atoms with Crippen LogP contribution in [0.2, 0.25) is 0 Å². The molecular weight excluding hydrogens is 282 g/mol. The molecule has 0 saturated carbocycles. The van der Waals surface area contributed by atoms with Gasteiger partial charge in [-0.2, -0.15) is 4.98 Å². The normalized spacial score (nSPS) is 18.5. The third-order valence-electron chi connectivity index (χ3n) is 3.91. The Morgan fingerprint density at radius 2 is 2.23 bits per heavy atom. The third kappa shape index (κ3) is 3.01. The number of carbonyl (C=O) groups is 1. The summed E-state index contributed by atoms with van der Waals surface area (Å²) in [6.07, 6.45) is 0.615. The highest BCUT2D eigenvalue weighted by molar-refractivity contribution is 5.73. The van der Waals surface area contributed by atoms with Crippen LogP contribution in [0, 0.1) is 6.92 Å². The van der Waals surface area contributed by atoms with E-state index in [0.29, 0.717) is 37.9 Å². The Labute approximate surface area is 129 Å². The first-order chi connectivity index (χ1) is 10.6. The lowest BCUT2D eigenvalue weighted by Gasteiger charge is -2.32. The molecule has 1 amide bonds. The van der Waals surface area contributed by atoms with Crippen LogP contribution < -0.4 is 0 Å². The molecule has 22 heavy (non-hydrogen) atoms. The van der Waals surface area contributed by atoms with Crippen molar-refractivity contribution in [3.63, 3.8) is 0 Å². The Morgan fingerprint density at radius 3 is 3.00 bits per heavy atom. The summed E-state index contributed by atoms with van der Waals surface area (Å²) in [5, 5.41) is 4.04. The molecule has 0 bridgehead atoms. The molecule has 6 heteroatoms. The van der Waals surface area contributed by atoms with E-state index in [0.717, 1.165) is 5.56 Å². The molecule has 1 fully saturated rings. The largest absolute Gasteiger partial charge is 0.377 e. The molecule has 1 aromatic heterocycles. The van der Waals surface area contributed by atoms with Crippen LogP contribution in [0.5, 0.6) is 0 Å². The lowest BCUT2D eigenvalue weighted by atomic mass is 10.1. The first-order valence-corrected chi connectivity index (χ1v) is 7.37. The molecule has 1 aliphatic rings. The number of morpholine rings is 1. The molecular formula is C16H19N3O3. The molecule has 1 saturated heterocycles. The maximum Gasteiger partial charge on any atom is 0.251 e. The summed E-state index contributed by atoms with van der Waals surface area (Å²) in [5.74, 6) is 1.06. The van der Waals surface area contributed by atoms with Gasteiger partial charge in [-0.3, -0.25) is 4.79 Å². The van der Waals surface area contributed by atoms with Gasteiger partial charge in [0.25, 0.3) is 5.89 Å². The fraction of sp³-hybridized carbons (Fsp3) is 0.438. The van der Waals surface area contributed by atoms with Crippen LogP contribution in [-0.4, -0.2) is 40.7 Å². The minimum Gasteiger partial charge on any atom is -0.377 e. The van der Waals surface area contributed by atoms with Crippen molar-refractivity contribution in [2.45, 2.75) is 26.3 Å². The molecule has 1 aliphatic heterocycles. The van der Waals surface area contributed by atoms with Crippen molar-refractivity contribution in [2.24, 2.45) is 0 Å². The molecule has 1 aromatic carbocycles. The molecule has 3 rings (SSSR count). The van der Waals surface area contributed by atoms with Gasteiger partial charge in [-0.25, -0.2) is 0 Å². The molecule has 0 N–H and O–H groups in total. The SMILES string of the molecule is CC(=O)N1CCOCC1c1nc(Cc2ccccc2C)no1. The van der Waals surface area contributed by atoms with Crippen LogP contribution in [-0.2, 0) is 16.0 Å². The number of amides is 1. The van der Waals surface area contributed by atoms with Crippen molar-refractivity contribution in [1.29, 1.82) is 0 Å². The number of aryl methyl sites for hydroxylation is 1. The Kier molecular flexibility index (Phi) is 4.20. The number of hydrogen-bond donors (Lipinski definition) is 0. The van der Waals surface area contributed by atoms with Crippen molar-refractivity contribution in [3.05, 3.63) is 47.1 Å². The molecule has 116 valence electrons. The first-order valence-electron chi connectivity index (χ1n) is 7.37. The van der Waals surface area contributed by atoms with E-state index in [9.17, 15) is 4.79 Å². The van der Waals surface area contributed by atoms with E-state index in [4.69, 9.17) is 9.26 Å². The summed E-state index contributed by atoms with van der Waals surface area (Å²) in [6.45, 7) is 5.09. The molecule has 2 heterocycles. The van der Waals surface area contributed by atoms with Crippen LogP contribution in [0.25, 0.3) is 0 Å². The van der Waals surface area contributed by atoms with Gasteiger partial charge >= 0.3 is 0 Å². The number of rotatable bonds is 3. The Morgan fingerprint density at radius 1 is 1.41 bits per heavy atom. The predicted octanol–water partition coefficient (Wildman–Crippen LogP) is 1.89. The van der Waals surface area contributed by atoms with Crippen molar-refractivity contribution < 1.29 is 14.1 Å². The van der Waals surface area contributed by atoms with Gasteiger partial charge in [-0.05, 0) is 18.1 Å². The number of hydrogen-bond acceptors (Lipinski definition) is 5. The summed E-state index contributed by atoms with van der Waals surface area (Å²) in [6, 6.07) is 7.82. The molecule has 0 spiro atoms. The highest BCUT2D eigenvalue weighted by Gasteiger charge is 2.31. The smallest absolute Gasteiger partial charge is 0.251 e. The Hall–Kier alpha value is -2.21. The minimum atomic E-state index is -0.288. The van der Waals surface area contributed by atoms with Gasteiger partial charge < -0.3 is 14.2 Å². The van der Waals surface area contributed by atoms with Crippen LogP contribution in [0.15, 0.2) is 28.8 Å². The van der Waals surface area contributed by atoms with Gasteiger partial charge in [0.1, 0.15) is 6.04 Å². The Bertz CT molecular complexity index is 668. The van der Waals surface area contributed by atoms with Crippen LogP contribution in [0.1, 0.15) is 35.8 Å². The van der Waals surface area contributed by atoms with E-state index >= 15 is 0 Å². The number of carbonyl (C=O) groups excluding carboxylic acids is 1. The van der Waals surface area contributed by atoms with E-state index in [1.165, 1.54) is 5.56 Å². The second kappa shape index (κ2) is 6.27. The van der Waals surface area contributed by atoms with Crippen molar-refractivity contribution >= 4 is 5.91 Å². The van der Waals surface area contributed by atoms with E-state index < -0.39 is 0 Å². The second-order valence-corrected chi connectivity index (χ2v) is 5.46. The van der Waals surface area contributed by atoms with Crippen LogP contribution >= 0.6 is 0 Å². The topological polar surface area (TPSA) is 68.5 Å². The van der Waals surface area contributed by atoms with Gasteiger partial charge in [0.2, 0.25) is 5.91 Å². The van der Waals surface area contributed by atoms with Gasteiger partial charge in [0.15, 0.2) is 5.82 Å². The van der Waals surface area contributed by atoms with E-state index in [1.54, 1.807) is 11.8 Å². The number of benzene rings is 1. The summed E-state index contributed by atoms with van der Waals surface area (Å²) in [7, 11) is 0. The number of nitrogens with zero attached hydrogens (tertiary/aromatic N) is 3. The lowest BCUT2D eigenvalue weighted by molar-refractivity contribution is -0.138. The summed E-state index contributed by atoms with van der Waals surface area (Å²) >= 11 is 0. The van der Waals surface area contributed by atoms with Gasteiger partial charge in [-0.1, -0.05) is 29.4 Å². The Balaban J connectivity index is 1.78. The zero-order valence-electron chi connectivity index (χ0n) is 12.8. The van der Waals surface area contributed by atoms with Crippen LogP contribution in [0.4, 0.5) is 0 Å². The molecule has 0 aliphatic carbocycles. The fourth-order valence-corrected chi connectivity index (χ4v) is 2.64. The van der Waals surface area contributed by atoms with Gasteiger partial charge in [0, 0.05) is 19.9 Å². The summed E-state index contributed by atoms with van der Waals surface area (Å²) in [4.78, 5) is 17.9. The van der Waals surface area contributed by atoms with Crippen molar-refractivity contribution in [2.75, 3.05) is 19.8 Å². The van der Waals surface area contributed by atoms with E-state index in [2.05, 4.69) is 29.2 Å². The second-order valence-electron chi connectivity index (χ2n) is 5.46. The lowest BCUT2D eigenvalue weighted by Crippen LogP contribution is -2.42. The van der Waals surface area contributed by atoms with E-state index in [1.807, 2.05) is 12.1 Å². The van der Waals surface area contributed by atoms with E-state index in [-0.39, 0.29) is 11.9 Å². The monoisotopic (exact) mass is 301 g/mol. The maximum absolute atomic E-state index is 11.7. The third-order valence-corrected chi connectivity index (χ3v) is 3.91. The molecule has 1 atom stereocenters. The fourth-order valence-electron chi connectivity index (χ4n) is 2.64. The van der Waals surface area contributed by atoms with Crippen molar-refractivity contribution in [3.8, 4) is 0 Å². The molecule has 6 nitrogen and oxygen atoms in total. The zero-order valence-corrected chi connectivity index (χ0v) is 12.8. The standard InChI is InChI=1S/C16H19N3O3/c1-11-5-3-4-6-13(11)9-15-17-16(22-18-15)14-10-21-8-7-19(14)12(2)20/h3-6,14H,7-10H2,1-2H3. The highest BCUT2D eigenvalue weighted by atomic mass is 16.5. The molecule has 1 unspecified atom stereocenters. The highest BCUT2D eigenvalue weighted by Crippen LogP contribution is 2.23. The van der Waals surface area contributed by atoms with Gasteiger partial charge in [-0.15, -0.1) is 0 Å². The maximum atomic E-state index is 11.7. The minimum absolute atomic E-state index is 0.00745. The van der Waals surface area contributed by atoms with Gasteiger partial charge in [0.05, 0.1) is 13.2 Å². The van der Waals surface area contributed by atoms with Crippen LogP contribution in [0.3, 0.4) is 0 Å². The average molecular weight is 301 g/mol. The first kappa shape index (κ1) is 14.7. The quantitative estimate of drug-likeness (QED) is 0.866. The zero-order chi connectivity index (χ0) is 15.5. The molecule has 0 radical (unpaired) electrons. The number of aromatic nitrogens is 2. The van der Waals surface area contributed by atoms with Crippen molar-refractivity contribution in [1.82, 2.24) is 15.0 Å². The average Bonchev–Trinajstić information content (AvgIpc) is 2.98. The summed E-state index contributed by atoms with van der Waals surface area (Å²) in [5.41, 5.74) is 2.36. The number of ether oxygens (including phenoxy) is 1. The summed E-state index contributed by atoms with van der Waals surface area (Å²) < 4.78 is 10.8. The molecule has 2 aromatic rings.